The van der Waals surface area contributed by atoms with E-state index in [1.54, 1.807) is 0 Å². The van der Waals surface area contributed by atoms with Crippen LogP contribution in [0.15, 0.2) is 140 Å². The maximum absolute atomic E-state index is 3.54. The molecular weight excluding hydrogens is 460 g/mol. The summed E-state index contributed by atoms with van der Waals surface area (Å²) in [6.45, 7) is 0. The summed E-state index contributed by atoms with van der Waals surface area (Å²) < 4.78 is 2.38. The van der Waals surface area contributed by atoms with E-state index in [1.165, 1.54) is 71.6 Å². The fourth-order valence-corrected chi connectivity index (χ4v) is 5.89. The normalized spacial score (nSPS) is 11.7. The van der Waals surface area contributed by atoms with E-state index in [-0.39, 0.29) is 0 Å². The summed E-state index contributed by atoms with van der Waals surface area (Å²) in [6.07, 6.45) is 0. The van der Waals surface area contributed by atoms with Gasteiger partial charge in [-0.2, -0.15) is 0 Å². The van der Waals surface area contributed by atoms with Crippen molar-refractivity contribution in [2.45, 2.75) is 0 Å². The van der Waals surface area contributed by atoms with Crippen LogP contribution in [-0.4, -0.2) is 9.55 Å². The molecule has 0 fully saturated rings. The number of hydrogen-bond donors (Lipinski definition) is 1. The molecule has 0 atom stereocenters. The van der Waals surface area contributed by atoms with Gasteiger partial charge in [0.2, 0.25) is 0 Å². The molecular formula is C36H24N2. The Balaban J connectivity index is 1.29. The highest BCUT2D eigenvalue weighted by Gasteiger charge is 2.14. The monoisotopic (exact) mass is 484 g/mol. The molecule has 0 radical (unpaired) electrons. The number of benzene rings is 6. The van der Waals surface area contributed by atoms with Crippen molar-refractivity contribution in [2.75, 3.05) is 0 Å². The lowest BCUT2D eigenvalue weighted by molar-refractivity contribution is 1.18. The van der Waals surface area contributed by atoms with Gasteiger partial charge >= 0.3 is 0 Å². The van der Waals surface area contributed by atoms with E-state index in [2.05, 4.69) is 149 Å². The molecule has 0 saturated carbocycles. The Morgan fingerprint density at radius 1 is 0.368 bits per heavy atom. The van der Waals surface area contributed by atoms with E-state index < -0.39 is 0 Å². The molecule has 38 heavy (non-hydrogen) atoms. The molecule has 8 aromatic rings. The van der Waals surface area contributed by atoms with Gasteiger partial charge in [-0.3, -0.25) is 0 Å². The summed E-state index contributed by atoms with van der Waals surface area (Å²) in [6, 6.07) is 50.3. The molecule has 1 N–H and O–H groups in total. The number of nitrogens with zero attached hydrogens (tertiary/aromatic N) is 1. The Labute approximate surface area is 220 Å². The summed E-state index contributed by atoms with van der Waals surface area (Å²) in [5.74, 6) is 0. The number of H-pyrrole nitrogens is 1. The van der Waals surface area contributed by atoms with Gasteiger partial charge in [-0.15, -0.1) is 0 Å². The fourth-order valence-electron chi connectivity index (χ4n) is 5.89. The first-order valence-corrected chi connectivity index (χ1v) is 13.0. The van der Waals surface area contributed by atoms with Gasteiger partial charge < -0.3 is 9.55 Å². The Bertz CT molecular complexity index is 2110. The van der Waals surface area contributed by atoms with Crippen LogP contribution in [0.3, 0.4) is 0 Å². The Morgan fingerprint density at radius 3 is 1.79 bits per heavy atom. The van der Waals surface area contributed by atoms with Crippen LogP contribution in [0.25, 0.3) is 71.6 Å². The first kappa shape index (κ1) is 21.0. The molecule has 0 bridgehead atoms. The summed E-state index contributed by atoms with van der Waals surface area (Å²) in [5, 5.41) is 5.06. The number of aromatic amines is 1. The van der Waals surface area contributed by atoms with Gasteiger partial charge in [0.05, 0.1) is 11.0 Å². The molecule has 2 heteroatoms. The highest BCUT2D eigenvalue weighted by atomic mass is 15.0. The van der Waals surface area contributed by atoms with Crippen LogP contribution in [0.5, 0.6) is 0 Å². The summed E-state index contributed by atoms with van der Waals surface area (Å²) in [5.41, 5.74) is 10.9. The van der Waals surface area contributed by atoms with Gasteiger partial charge in [0.1, 0.15) is 0 Å². The molecule has 8 rings (SSSR count). The standard InChI is InChI=1S/C36H24N2/c1-2-8-24(9-3-1)25-14-18-28(19-15-25)38-35-13-7-5-11-30(35)32-23-27(17-21-36(32)38)26-16-20-34-31(22-26)29-10-4-6-12-33(29)37-34/h1-23,37H. The van der Waals surface area contributed by atoms with Crippen molar-refractivity contribution in [3.05, 3.63) is 140 Å². The second kappa shape index (κ2) is 8.22. The van der Waals surface area contributed by atoms with Gasteiger partial charge in [0, 0.05) is 38.3 Å². The molecule has 0 aliphatic carbocycles. The first-order valence-electron chi connectivity index (χ1n) is 13.0. The topological polar surface area (TPSA) is 20.7 Å². The average Bonchev–Trinajstić information content (AvgIpc) is 3.53. The smallest absolute Gasteiger partial charge is 0.0541 e. The van der Waals surface area contributed by atoms with Crippen LogP contribution >= 0.6 is 0 Å². The highest BCUT2D eigenvalue weighted by molar-refractivity contribution is 6.11. The largest absolute Gasteiger partial charge is 0.355 e. The van der Waals surface area contributed by atoms with E-state index in [0.29, 0.717) is 0 Å². The predicted molar refractivity (Wildman–Crippen MR) is 161 cm³/mol. The summed E-state index contributed by atoms with van der Waals surface area (Å²) >= 11 is 0. The van der Waals surface area contributed by atoms with E-state index in [9.17, 15) is 0 Å². The maximum atomic E-state index is 3.54. The van der Waals surface area contributed by atoms with E-state index in [0.717, 1.165) is 0 Å². The third-order valence-electron chi connectivity index (χ3n) is 7.74. The second-order valence-corrected chi connectivity index (χ2v) is 9.93. The Morgan fingerprint density at radius 2 is 0.947 bits per heavy atom. The minimum Gasteiger partial charge on any atom is -0.355 e. The molecule has 2 heterocycles. The zero-order valence-electron chi connectivity index (χ0n) is 20.7. The zero-order valence-corrected chi connectivity index (χ0v) is 20.7. The van der Waals surface area contributed by atoms with Crippen LogP contribution < -0.4 is 0 Å². The van der Waals surface area contributed by atoms with Gasteiger partial charge in [-0.05, 0) is 70.8 Å². The lowest BCUT2D eigenvalue weighted by Gasteiger charge is -2.10. The number of rotatable bonds is 3. The third-order valence-corrected chi connectivity index (χ3v) is 7.74. The summed E-state index contributed by atoms with van der Waals surface area (Å²) in [7, 11) is 0. The molecule has 0 aliphatic rings. The van der Waals surface area contributed by atoms with Crippen LogP contribution in [0.2, 0.25) is 0 Å². The lowest BCUT2D eigenvalue weighted by atomic mass is 10.0. The molecule has 178 valence electrons. The van der Waals surface area contributed by atoms with Crippen molar-refractivity contribution in [2.24, 2.45) is 0 Å². The second-order valence-electron chi connectivity index (χ2n) is 9.93. The molecule has 0 unspecified atom stereocenters. The quantitative estimate of drug-likeness (QED) is 0.258. The molecule has 0 spiro atoms. The minimum atomic E-state index is 1.17. The van der Waals surface area contributed by atoms with Crippen molar-refractivity contribution in [1.29, 1.82) is 0 Å². The van der Waals surface area contributed by atoms with Gasteiger partial charge in [-0.25, -0.2) is 0 Å². The minimum absolute atomic E-state index is 1.17. The highest BCUT2D eigenvalue weighted by Crippen LogP contribution is 2.36. The van der Waals surface area contributed by atoms with Crippen molar-refractivity contribution < 1.29 is 0 Å². The number of aromatic nitrogens is 2. The fraction of sp³-hybridized carbons (Fsp3) is 0. The van der Waals surface area contributed by atoms with Gasteiger partial charge in [-0.1, -0.05) is 91.0 Å². The molecule has 0 amide bonds. The summed E-state index contributed by atoms with van der Waals surface area (Å²) in [4.78, 5) is 3.54. The van der Waals surface area contributed by atoms with Crippen LogP contribution in [0, 0.1) is 0 Å². The van der Waals surface area contributed by atoms with E-state index >= 15 is 0 Å². The lowest BCUT2D eigenvalue weighted by Crippen LogP contribution is -1.93. The van der Waals surface area contributed by atoms with Crippen LogP contribution in [0.4, 0.5) is 0 Å². The number of hydrogen-bond acceptors (Lipinski definition) is 0. The van der Waals surface area contributed by atoms with E-state index in [4.69, 9.17) is 0 Å². The average molecular weight is 485 g/mol. The molecule has 0 aliphatic heterocycles. The van der Waals surface area contributed by atoms with Crippen molar-refractivity contribution in [3.63, 3.8) is 0 Å². The van der Waals surface area contributed by atoms with Crippen LogP contribution in [-0.2, 0) is 0 Å². The number of fused-ring (bicyclic) bond motifs is 6. The molecule has 2 aromatic heterocycles. The first-order chi connectivity index (χ1) is 18.8. The van der Waals surface area contributed by atoms with Gasteiger partial charge in [0.15, 0.2) is 0 Å². The SMILES string of the molecule is c1ccc(-c2ccc(-n3c4ccccc4c4cc(-c5ccc6[nH]c7ccccc7c6c5)ccc43)cc2)cc1. The number of para-hydroxylation sites is 2. The van der Waals surface area contributed by atoms with E-state index in [1.807, 2.05) is 0 Å². The zero-order chi connectivity index (χ0) is 25.1. The molecule has 6 aromatic carbocycles. The predicted octanol–water partition coefficient (Wildman–Crippen LogP) is 9.75. The third kappa shape index (κ3) is 3.21. The number of nitrogens with one attached hydrogen (secondary N) is 1. The molecule has 0 saturated heterocycles. The van der Waals surface area contributed by atoms with Crippen molar-refractivity contribution in [3.8, 4) is 27.9 Å². The van der Waals surface area contributed by atoms with Crippen LogP contribution in [0.1, 0.15) is 0 Å². The maximum Gasteiger partial charge on any atom is 0.0541 e. The Kier molecular flexibility index (Phi) is 4.55. The Hall–Kier alpha value is -5.08. The van der Waals surface area contributed by atoms with Crippen molar-refractivity contribution in [1.82, 2.24) is 9.55 Å². The van der Waals surface area contributed by atoms with Crippen molar-refractivity contribution >= 4 is 43.6 Å². The van der Waals surface area contributed by atoms with Gasteiger partial charge in [0.25, 0.3) is 0 Å². The molecule has 2 nitrogen and oxygen atoms in total.